The molecule has 1 heterocycles. The molecule has 21 heavy (non-hydrogen) atoms. The second kappa shape index (κ2) is 6.62. The quantitative estimate of drug-likeness (QED) is 0.750. The van der Waals surface area contributed by atoms with Crippen molar-refractivity contribution >= 4 is 34.7 Å². The van der Waals surface area contributed by atoms with Gasteiger partial charge in [0.2, 0.25) is 5.91 Å². The van der Waals surface area contributed by atoms with Crippen molar-refractivity contribution in [3.63, 3.8) is 0 Å². The molecule has 0 spiro atoms. The van der Waals surface area contributed by atoms with Crippen LogP contribution in [0.1, 0.15) is 20.8 Å². The Labute approximate surface area is 124 Å². The first-order valence-corrected chi connectivity index (χ1v) is 6.86. The summed E-state index contributed by atoms with van der Waals surface area (Å²) in [6, 6.07) is 6.24. The van der Waals surface area contributed by atoms with Crippen LogP contribution < -0.4 is 16.4 Å². The van der Waals surface area contributed by atoms with Crippen LogP contribution in [0.4, 0.5) is 5.69 Å². The number of carbonyl (C=O) groups is 3. The van der Waals surface area contributed by atoms with Crippen LogP contribution in [0.5, 0.6) is 0 Å². The molecular weight excluding hydrogens is 292 g/mol. The van der Waals surface area contributed by atoms with E-state index < -0.39 is 11.8 Å². The lowest BCUT2D eigenvalue weighted by Crippen LogP contribution is -2.33. The number of benzene rings is 1. The van der Waals surface area contributed by atoms with Crippen molar-refractivity contribution in [2.75, 3.05) is 11.9 Å². The van der Waals surface area contributed by atoms with Gasteiger partial charge in [-0.25, -0.2) is 4.98 Å². The third-order valence-corrected chi connectivity index (χ3v) is 3.08. The summed E-state index contributed by atoms with van der Waals surface area (Å²) in [7, 11) is 0. The smallest absolute Gasteiger partial charge is 0.275 e. The zero-order chi connectivity index (χ0) is 15.2. The third kappa shape index (κ3) is 4.11. The van der Waals surface area contributed by atoms with Gasteiger partial charge < -0.3 is 16.4 Å². The minimum absolute atomic E-state index is 0.221. The van der Waals surface area contributed by atoms with E-state index >= 15 is 0 Å². The van der Waals surface area contributed by atoms with Gasteiger partial charge in [0.05, 0.1) is 12.1 Å². The van der Waals surface area contributed by atoms with Crippen LogP contribution in [0.15, 0.2) is 35.2 Å². The fourth-order valence-corrected chi connectivity index (χ4v) is 2.03. The molecule has 0 aliphatic heterocycles. The average Bonchev–Trinajstić information content (AvgIpc) is 3.00. The van der Waals surface area contributed by atoms with E-state index in [9.17, 15) is 14.4 Å². The van der Waals surface area contributed by atoms with Crippen molar-refractivity contribution in [2.45, 2.75) is 0 Å². The van der Waals surface area contributed by atoms with Gasteiger partial charge in [0.25, 0.3) is 11.8 Å². The molecule has 2 aromatic rings. The number of amides is 3. The van der Waals surface area contributed by atoms with Gasteiger partial charge in [-0.1, -0.05) is 0 Å². The summed E-state index contributed by atoms with van der Waals surface area (Å²) >= 11 is 1.33. The lowest BCUT2D eigenvalue weighted by atomic mass is 10.2. The molecule has 108 valence electrons. The molecule has 0 saturated heterocycles. The molecule has 7 nitrogen and oxygen atoms in total. The number of rotatable bonds is 5. The van der Waals surface area contributed by atoms with E-state index in [4.69, 9.17) is 5.73 Å². The number of carbonyl (C=O) groups excluding carboxylic acids is 3. The second-order valence-corrected chi connectivity index (χ2v) is 4.77. The number of primary amides is 1. The Morgan fingerprint density at radius 3 is 2.43 bits per heavy atom. The maximum atomic E-state index is 11.8. The first kappa shape index (κ1) is 14.7. The Kier molecular flexibility index (Phi) is 4.62. The molecule has 0 aliphatic carbocycles. The zero-order valence-electron chi connectivity index (χ0n) is 10.8. The summed E-state index contributed by atoms with van der Waals surface area (Å²) in [4.78, 5) is 37.9. The highest BCUT2D eigenvalue weighted by Gasteiger charge is 2.09. The average molecular weight is 304 g/mol. The number of hydrogen-bond donors (Lipinski definition) is 3. The SMILES string of the molecule is NC(=O)CNC(=O)c1ccc(NC(=O)c2cscn2)cc1. The normalized spacial score (nSPS) is 9.90. The minimum atomic E-state index is -0.615. The first-order chi connectivity index (χ1) is 10.1. The van der Waals surface area contributed by atoms with Gasteiger partial charge in [-0.3, -0.25) is 14.4 Å². The van der Waals surface area contributed by atoms with Crippen molar-refractivity contribution in [1.82, 2.24) is 10.3 Å². The predicted molar refractivity (Wildman–Crippen MR) is 78.0 cm³/mol. The van der Waals surface area contributed by atoms with Crippen LogP contribution in [-0.2, 0) is 4.79 Å². The van der Waals surface area contributed by atoms with Crippen LogP contribution in [0.3, 0.4) is 0 Å². The van der Waals surface area contributed by atoms with Gasteiger partial charge in [0.15, 0.2) is 0 Å². The lowest BCUT2D eigenvalue weighted by Gasteiger charge is -2.05. The lowest BCUT2D eigenvalue weighted by molar-refractivity contribution is -0.117. The third-order valence-electron chi connectivity index (χ3n) is 2.49. The van der Waals surface area contributed by atoms with Crippen LogP contribution in [0, 0.1) is 0 Å². The van der Waals surface area contributed by atoms with E-state index in [2.05, 4.69) is 15.6 Å². The minimum Gasteiger partial charge on any atom is -0.368 e. The van der Waals surface area contributed by atoms with E-state index in [-0.39, 0.29) is 12.5 Å². The van der Waals surface area contributed by atoms with Gasteiger partial charge in [-0.15, -0.1) is 11.3 Å². The maximum absolute atomic E-state index is 11.8. The Morgan fingerprint density at radius 2 is 1.86 bits per heavy atom. The summed E-state index contributed by atoms with van der Waals surface area (Å²) in [6.45, 7) is -0.221. The molecule has 3 amide bonds. The maximum Gasteiger partial charge on any atom is 0.275 e. The monoisotopic (exact) mass is 304 g/mol. The van der Waals surface area contributed by atoms with Gasteiger partial charge in [-0.2, -0.15) is 0 Å². The Hall–Kier alpha value is -2.74. The molecule has 0 fully saturated rings. The number of nitrogens with one attached hydrogen (secondary N) is 2. The number of anilines is 1. The Balaban J connectivity index is 1.97. The van der Waals surface area contributed by atoms with E-state index in [1.165, 1.54) is 23.5 Å². The fourth-order valence-electron chi connectivity index (χ4n) is 1.49. The first-order valence-electron chi connectivity index (χ1n) is 5.92. The van der Waals surface area contributed by atoms with Gasteiger partial charge >= 0.3 is 0 Å². The molecule has 0 atom stereocenters. The van der Waals surface area contributed by atoms with E-state index in [0.717, 1.165) is 0 Å². The molecule has 1 aromatic carbocycles. The van der Waals surface area contributed by atoms with Crippen molar-refractivity contribution < 1.29 is 14.4 Å². The summed E-state index contributed by atoms with van der Waals surface area (Å²) in [5.74, 6) is -1.34. The molecule has 0 radical (unpaired) electrons. The number of thiazole rings is 1. The van der Waals surface area contributed by atoms with Crippen molar-refractivity contribution in [2.24, 2.45) is 5.73 Å². The number of nitrogens with zero attached hydrogens (tertiary/aromatic N) is 1. The molecule has 1 aromatic heterocycles. The second-order valence-electron chi connectivity index (χ2n) is 4.05. The highest BCUT2D eigenvalue weighted by Crippen LogP contribution is 2.11. The topological polar surface area (TPSA) is 114 Å². The summed E-state index contributed by atoms with van der Waals surface area (Å²) in [5.41, 5.74) is 7.75. The predicted octanol–water partition coefficient (Wildman–Crippen LogP) is 0.610. The molecule has 0 saturated carbocycles. The van der Waals surface area contributed by atoms with Gasteiger partial charge in [0.1, 0.15) is 5.69 Å². The highest BCUT2D eigenvalue weighted by molar-refractivity contribution is 7.07. The van der Waals surface area contributed by atoms with Gasteiger partial charge in [-0.05, 0) is 24.3 Å². The molecule has 0 bridgehead atoms. The number of aromatic nitrogens is 1. The molecule has 8 heteroatoms. The van der Waals surface area contributed by atoms with E-state index in [1.54, 1.807) is 23.0 Å². The Morgan fingerprint density at radius 1 is 1.14 bits per heavy atom. The largest absolute Gasteiger partial charge is 0.368 e. The van der Waals surface area contributed by atoms with E-state index in [0.29, 0.717) is 16.9 Å². The van der Waals surface area contributed by atoms with Crippen molar-refractivity contribution in [1.29, 1.82) is 0 Å². The number of hydrogen-bond acceptors (Lipinski definition) is 5. The van der Waals surface area contributed by atoms with Gasteiger partial charge in [0, 0.05) is 16.6 Å². The van der Waals surface area contributed by atoms with Crippen molar-refractivity contribution in [3.8, 4) is 0 Å². The molecule has 2 rings (SSSR count). The summed E-state index contributed by atoms with van der Waals surface area (Å²) in [6.07, 6.45) is 0. The summed E-state index contributed by atoms with van der Waals surface area (Å²) in [5, 5.41) is 6.67. The molecular formula is C13H12N4O3S. The van der Waals surface area contributed by atoms with Crippen LogP contribution >= 0.6 is 11.3 Å². The zero-order valence-corrected chi connectivity index (χ0v) is 11.6. The van der Waals surface area contributed by atoms with E-state index in [1.807, 2.05) is 0 Å². The van der Waals surface area contributed by atoms with Crippen LogP contribution in [0.2, 0.25) is 0 Å². The Bertz CT molecular complexity index is 653. The van der Waals surface area contributed by atoms with Crippen molar-refractivity contribution in [3.05, 3.63) is 46.4 Å². The summed E-state index contributed by atoms with van der Waals surface area (Å²) < 4.78 is 0. The standard InChI is InChI=1S/C13H12N4O3S/c14-11(18)5-15-12(19)8-1-3-9(4-2-8)17-13(20)10-6-21-7-16-10/h1-4,6-7H,5H2,(H2,14,18)(H,15,19)(H,17,20). The molecule has 0 unspecified atom stereocenters. The molecule has 4 N–H and O–H groups in total. The number of nitrogens with two attached hydrogens (primary N) is 1. The fraction of sp³-hybridized carbons (Fsp3) is 0.0769. The van der Waals surface area contributed by atoms with Crippen LogP contribution in [0.25, 0.3) is 0 Å². The molecule has 0 aliphatic rings. The highest BCUT2D eigenvalue weighted by atomic mass is 32.1. The van der Waals surface area contributed by atoms with Crippen LogP contribution in [-0.4, -0.2) is 29.3 Å².